The predicted molar refractivity (Wildman–Crippen MR) is 94.6 cm³/mol. The van der Waals surface area contributed by atoms with Gasteiger partial charge < -0.3 is 14.9 Å². The third kappa shape index (κ3) is 2.04. The van der Waals surface area contributed by atoms with Crippen molar-refractivity contribution in [3.8, 4) is 0 Å². The van der Waals surface area contributed by atoms with Crippen LogP contribution in [0.25, 0.3) is 0 Å². The molecule has 0 amide bonds. The standard InChI is InChI=1S/C21H32O4/c1-12-10-21-11-13(12)8-14(22)17(21)19(2)6-5-7-20(3,18(24)25-4)15(19)9-16(21)23/h13-17,22-23H,1,5-11H2,2-4H3/t13-,14-,15+,16+,17+,19-,20-,21-/m1/s1. The molecule has 8 atom stereocenters. The van der Waals surface area contributed by atoms with Crippen LogP contribution >= 0.6 is 0 Å². The number of hydrogen-bond acceptors (Lipinski definition) is 4. The summed E-state index contributed by atoms with van der Waals surface area (Å²) in [7, 11) is 1.46. The zero-order valence-electron chi connectivity index (χ0n) is 15.8. The van der Waals surface area contributed by atoms with Gasteiger partial charge >= 0.3 is 5.97 Å². The molecule has 0 aromatic heterocycles. The number of allylic oxidation sites excluding steroid dienone is 1. The van der Waals surface area contributed by atoms with E-state index in [2.05, 4.69) is 13.5 Å². The summed E-state index contributed by atoms with van der Waals surface area (Å²) >= 11 is 0. The number of rotatable bonds is 1. The Labute approximate surface area is 150 Å². The number of hydrogen-bond donors (Lipinski definition) is 2. The van der Waals surface area contributed by atoms with Crippen molar-refractivity contribution in [2.75, 3.05) is 7.11 Å². The number of carbonyl (C=O) groups excluding carboxylic acids is 1. The fourth-order valence-electron chi connectivity index (χ4n) is 7.85. The number of esters is 1. The van der Waals surface area contributed by atoms with E-state index >= 15 is 0 Å². The van der Waals surface area contributed by atoms with Crippen molar-refractivity contribution in [1.29, 1.82) is 0 Å². The molecule has 4 saturated carbocycles. The molecule has 25 heavy (non-hydrogen) atoms. The SMILES string of the molecule is C=C1C[C@]23C[C@H]1C[C@@H](O)[C@H]2[C@]1(C)CCC[C@@](C)(C(=O)OC)[C@H]1C[C@@H]3O. The zero-order chi connectivity index (χ0) is 18.2. The summed E-state index contributed by atoms with van der Waals surface area (Å²) in [6, 6.07) is 0. The Hall–Kier alpha value is -0.870. The van der Waals surface area contributed by atoms with Crippen LogP contribution in [0.5, 0.6) is 0 Å². The maximum atomic E-state index is 12.7. The fraction of sp³-hybridized carbons (Fsp3) is 0.857. The van der Waals surface area contributed by atoms with E-state index in [9.17, 15) is 15.0 Å². The molecule has 2 N–H and O–H groups in total. The summed E-state index contributed by atoms with van der Waals surface area (Å²) in [6.45, 7) is 8.53. The lowest BCUT2D eigenvalue weighted by atomic mass is 9.39. The summed E-state index contributed by atoms with van der Waals surface area (Å²) in [5.74, 6) is 0.266. The number of methoxy groups -OCH3 is 1. The molecule has 0 unspecified atom stereocenters. The van der Waals surface area contributed by atoms with Crippen molar-refractivity contribution in [3.63, 3.8) is 0 Å². The summed E-state index contributed by atoms with van der Waals surface area (Å²) in [6.07, 6.45) is 5.06. The first-order valence-electron chi connectivity index (χ1n) is 9.81. The van der Waals surface area contributed by atoms with E-state index in [1.165, 1.54) is 12.7 Å². The van der Waals surface area contributed by atoms with Crippen LogP contribution in [0.2, 0.25) is 0 Å². The largest absolute Gasteiger partial charge is 0.469 e. The van der Waals surface area contributed by atoms with E-state index < -0.39 is 17.6 Å². The van der Waals surface area contributed by atoms with Gasteiger partial charge in [0.15, 0.2) is 0 Å². The Balaban J connectivity index is 1.82. The molecule has 0 aromatic carbocycles. The second-order valence-corrected chi connectivity index (χ2v) is 9.82. The highest BCUT2D eigenvalue weighted by Crippen LogP contribution is 2.72. The van der Waals surface area contributed by atoms with Crippen molar-refractivity contribution < 1.29 is 19.7 Å². The Kier molecular flexibility index (Phi) is 3.73. The van der Waals surface area contributed by atoms with E-state index in [4.69, 9.17) is 4.74 Å². The van der Waals surface area contributed by atoms with Crippen LogP contribution in [0, 0.1) is 34.0 Å². The van der Waals surface area contributed by atoms with Gasteiger partial charge in [0.05, 0.1) is 24.7 Å². The number of ether oxygens (including phenoxy) is 1. The van der Waals surface area contributed by atoms with Crippen LogP contribution in [-0.4, -0.2) is 35.5 Å². The third-order valence-corrected chi connectivity index (χ3v) is 8.75. The lowest BCUT2D eigenvalue weighted by molar-refractivity contribution is -0.232. The van der Waals surface area contributed by atoms with Crippen LogP contribution in [0.3, 0.4) is 0 Å². The van der Waals surface area contributed by atoms with Gasteiger partial charge in [0.1, 0.15) is 0 Å². The number of fused-ring (bicyclic) bond motifs is 3. The maximum Gasteiger partial charge on any atom is 0.311 e. The van der Waals surface area contributed by atoms with Gasteiger partial charge in [0.2, 0.25) is 0 Å². The first kappa shape index (κ1) is 17.5. The number of carbonyl (C=O) groups is 1. The molecule has 4 heteroatoms. The Morgan fingerprint density at radius 3 is 2.64 bits per heavy atom. The second-order valence-electron chi connectivity index (χ2n) is 9.82. The lowest BCUT2D eigenvalue weighted by Gasteiger charge is -2.65. The topological polar surface area (TPSA) is 66.8 Å². The van der Waals surface area contributed by atoms with E-state index in [-0.39, 0.29) is 28.6 Å². The van der Waals surface area contributed by atoms with Gasteiger partial charge in [0, 0.05) is 5.41 Å². The molecule has 0 aromatic rings. The van der Waals surface area contributed by atoms with Gasteiger partial charge in [-0.1, -0.05) is 25.5 Å². The van der Waals surface area contributed by atoms with E-state index in [1.807, 2.05) is 6.92 Å². The van der Waals surface area contributed by atoms with Crippen LogP contribution in [0.4, 0.5) is 0 Å². The van der Waals surface area contributed by atoms with Gasteiger partial charge in [-0.15, -0.1) is 0 Å². The Morgan fingerprint density at radius 1 is 1.24 bits per heavy atom. The van der Waals surface area contributed by atoms with Crippen LogP contribution in [0.15, 0.2) is 12.2 Å². The van der Waals surface area contributed by atoms with E-state index in [1.54, 1.807) is 0 Å². The van der Waals surface area contributed by atoms with Gasteiger partial charge in [-0.2, -0.15) is 0 Å². The minimum absolute atomic E-state index is 0.0357. The van der Waals surface area contributed by atoms with E-state index in [0.29, 0.717) is 12.3 Å². The minimum atomic E-state index is -0.573. The highest BCUT2D eigenvalue weighted by atomic mass is 16.5. The molecule has 140 valence electrons. The molecular formula is C21H32O4. The molecule has 0 saturated heterocycles. The van der Waals surface area contributed by atoms with Gasteiger partial charge in [-0.3, -0.25) is 4.79 Å². The Morgan fingerprint density at radius 2 is 1.96 bits per heavy atom. The normalized spacial score (nSPS) is 54.6. The monoisotopic (exact) mass is 348 g/mol. The quantitative estimate of drug-likeness (QED) is 0.564. The summed E-state index contributed by atoms with van der Waals surface area (Å²) in [5.41, 5.74) is 0.236. The molecule has 4 nitrogen and oxygen atoms in total. The van der Waals surface area contributed by atoms with Gasteiger partial charge in [-0.25, -0.2) is 0 Å². The summed E-state index contributed by atoms with van der Waals surface area (Å²) in [5, 5.41) is 22.4. The molecule has 0 heterocycles. The highest BCUT2D eigenvalue weighted by Gasteiger charge is 2.70. The smallest absolute Gasteiger partial charge is 0.311 e. The van der Waals surface area contributed by atoms with E-state index in [0.717, 1.165) is 38.5 Å². The molecular weight excluding hydrogens is 316 g/mol. The van der Waals surface area contributed by atoms with Crippen molar-refractivity contribution >= 4 is 5.97 Å². The minimum Gasteiger partial charge on any atom is -0.469 e. The van der Waals surface area contributed by atoms with Crippen molar-refractivity contribution in [3.05, 3.63) is 12.2 Å². The van der Waals surface area contributed by atoms with Crippen LogP contribution in [-0.2, 0) is 9.53 Å². The molecule has 2 bridgehead atoms. The Bertz CT molecular complexity index is 615. The molecule has 4 aliphatic rings. The fourth-order valence-corrected chi connectivity index (χ4v) is 7.85. The predicted octanol–water partition coefficient (Wildman–Crippen LogP) is 3.07. The maximum absolute atomic E-state index is 12.7. The average Bonchev–Trinajstić information content (AvgIpc) is 2.81. The number of aliphatic hydroxyl groups is 2. The summed E-state index contributed by atoms with van der Waals surface area (Å²) in [4.78, 5) is 12.7. The lowest BCUT2D eigenvalue weighted by Crippen LogP contribution is -2.65. The number of aliphatic hydroxyl groups excluding tert-OH is 2. The van der Waals surface area contributed by atoms with Gasteiger partial charge in [-0.05, 0) is 68.6 Å². The van der Waals surface area contributed by atoms with Crippen molar-refractivity contribution in [1.82, 2.24) is 0 Å². The van der Waals surface area contributed by atoms with Gasteiger partial charge in [0.25, 0.3) is 0 Å². The van der Waals surface area contributed by atoms with Crippen LogP contribution < -0.4 is 0 Å². The summed E-state index contributed by atoms with van der Waals surface area (Å²) < 4.78 is 5.16. The zero-order valence-corrected chi connectivity index (χ0v) is 15.8. The van der Waals surface area contributed by atoms with Crippen molar-refractivity contribution in [2.45, 2.75) is 71.0 Å². The molecule has 0 radical (unpaired) electrons. The molecule has 4 rings (SSSR count). The molecule has 0 aliphatic heterocycles. The molecule has 4 fully saturated rings. The van der Waals surface area contributed by atoms with Crippen molar-refractivity contribution in [2.24, 2.45) is 34.0 Å². The average molecular weight is 348 g/mol. The third-order valence-electron chi connectivity index (χ3n) is 8.75. The second kappa shape index (κ2) is 5.32. The highest BCUT2D eigenvalue weighted by molar-refractivity contribution is 5.77. The first-order chi connectivity index (χ1) is 11.7. The first-order valence-corrected chi connectivity index (χ1v) is 9.81. The molecule has 4 aliphatic carbocycles. The van der Waals surface area contributed by atoms with Crippen LogP contribution in [0.1, 0.15) is 58.8 Å². The molecule has 1 spiro atoms.